The third-order valence-corrected chi connectivity index (χ3v) is 4.43. The lowest BCUT2D eigenvalue weighted by molar-refractivity contribution is 0.198. The Kier molecular flexibility index (Phi) is 7.14. The van der Waals surface area contributed by atoms with Gasteiger partial charge < -0.3 is 10.4 Å². The van der Waals surface area contributed by atoms with Crippen LogP contribution in [0.3, 0.4) is 0 Å². The van der Waals surface area contributed by atoms with E-state index < -0.39 is 0 Å². The van der Waals surface area contributed by atoms with E-state index in [1.165, 1.54) is 44.9 Å². The molecule has 102 valence electrons. The van der Waals surface area contributed by atoms with Gasteiger partial charge in [-0.3, -0.25) is 0 Å². The van der Waals surface area contributed by atoms with Gasteiger partial charge in [-0.05, 0) is 38.0 Å². The van der Waals surface area contributed by atoms with Crippen LogP contribution in [0.15, 0.2) is 0 Å². The predicted molar refractivity (Wildman–Crippen MR) is 74.1 cm³/mol. The number of rotatable bonds is 6. The van der Waals surface area contributed by atoms with E-state index in [-0.39, 0.29) is 0 Å². The average molecular weight is 241 g/mol. The van der Waals surface area contributed by atoms with Crippen molar-refractivity contribution < 1.29 is 5.11 Å². The molecule has 1 aliphatic carbocycles. The van der Waals surface area contributed by atoms with Gasteiger partial charge in [-0.25, -0.2) is 0 Å². The van der Waals surface area contributed by atoms with Crippen LogP contribution in [-0.4, -0.2) is 23.8 Å². The van der Waals surface area contributed by atoms with Crippen LogP contribution in [0, 0.1) is 11.8 Å². The molecule has 2 nitrogen and oxygen atoms in total. The van der Waals surface area contributed by atoms with Crippen molar-refractivity contribution in [1.29, 1.82) is 0 Å². The Bertz CT molecular complexity index is 195. The van der Waals surface area contributed by atoms with E-state index in [2.05, 4.69) is 26.1 Å². The van der Waals surface area contributed by atoms with Crippen molar-refractivity contribution in [2.45, 2.75) is 77.8 Å². The van der Waals surface area contributed by atoms with Crippen molar-refractivity contribution in [3.05, 3.63) is 0 Å². The molecule has 17 heavy (non-hydrogen) atoms. The van der Waals surface area contributed by atoms with Gasteiger partial charge in [0.2, 0.25) is 0 Å². The van der Waals surface area contributed by atoms with Crippen molar-refractivity contribution in [2.24, 2.45) is 11.8 Å². The fourth-order valence-corrected chi connectivity index (χ4v) is 2.94. The second-order valence-corrected chi connectivity index (χ2v) is 5.98. The Morgan fingerprint density at radius 1 is 1.18 bits per heavy atom. The number of hydrogen-bond donors (Lipinski definition) is 2. The lowest BCUT2D eigenvalue weighted by Gasteiger charge is -2.25. The topological polar surface area (TPSA) is 32.3 Å². The molecule has 1 saturated carbocycles. The van der Waals surface area contributed by atoms with Gasteiger partial charge in [-0.15, -0.1) is 0 Å². The third-order valence-electron chi connectivity index (χ3n) is 4.43. The maximum atomic E-state index is 9.16. The first-order chi connectivity index (χ1) is 8.17. The van der Waals surface area contributed by atoms with E-state index >= 15 is 0 Å². The first kappa shape index (κ1) is 15.0. The molecule has 0 amide bonds. The fraction of sp³-hybridized carbons (Fsp3) is 1.00. The number of hydrogen-bond acceptors (Lipinski definition) is 2. The molecule has 0 aromatic rings. The lowest BCUT2D eigenvalue weighted by Crippen LogP contribution is -2.41. The van der Waals surface area contributed by atoms with Crippen LogP contribution < -0.4 is 5.32 Å². The first-order valence-corrected chi connectivity index (χ1v) is 7.54. The molecular weight excluding hydrogens is 210 g/mol. The second kappa shape index (κ2) is 8.10. The summed E-state index contributed by atoms with van der Waals surface area (Å²) in [4.78, 5) is 0. The molecule has 1 aliphatic rings. The average Bonchev–Trinajstić information content (AvgIpc) is 2.54. The zero-order chi connectivity index (χ0) is 12.7. The van der Waals surface area contributed by atoms with Crippen LogP contribution in [0.4, 0.5) is 0 Å². The van der Waals surface area contributed by atoms with Gasteiger partial charge in [-0.1, -0.05) is 39.5 Å². The summed E-state index contributed by atoms with van der Waals surface area (Å²) in [5.74, 6) is 1.34. The van der Waals surface area contributed by atoms with Gasteiger partial charge in [0.15, 0.2) is 0 Å². The quantitative estimate of drug-likeness (QED) is 0.699. The summed E-state index contributed by atoms with van der Waals surface area (Å²) in [6.07, 6.45) is 9.59. The highest BCUT2D eigenvalue weighted by molar-refractivity contribution is 4.79. The Morgan fingerprint density at radius 2 is 1.94 bits per heavy atom. The van der Waals surface area contributed by atoms with Crippen molar-refractivity contribution in [2.75, 3.05) is 6.61 Å². The summed E-state index contributed by atoms with van der Waals surface area (Å²) < 4.78 is 0. The van der Waals surface area contributed by atoms with Crippen LogP contribution in [0.2, 0.25) is 0 Å². The molecule has 0 aromatic heterocycles. The van der Waals surface area contributed by atoms with Gasteiger partial charge in [0, 0.05) is 18.7 Å². The van der Waals surface area contributed by atoms with Crippen LogP contribution in [0.25, 0.3) is 0 Å². The number of aliphatic hydroxyl groups is 1. The molecule has 4 unspecified atom stereocenters. The monoisotopic (exact) mass is 241 g/mol. The van der Waals surface area contributed by atoms with Crippen LogP contribution in [-0.2, 0) is 0 Å². The largest absolute Gasteiger partial charge is 0.396 e. The van der Waals surface area contributed by atoms with E-state index in [1.54, 1.807) is 0 Å². The van der Waals surface area contributed by atoms with Crippen LogP contribution >= 0.6 is 0 Å². The van der Waals surface area contributed by atoms with Gasteiger partial charge in [0.05, 0.1) is 0 Å². The summed E-state index contributed by atoms with van der Waals surface area (Å²) in [5, 5.41) is 12.9. The molecule has 1 rings (SSSR count). The molecule has 2 heteroatoms. The van der Waals surface area contributed by atoms with Gasteiger partial charge in [0.25, 0.3) is 0 Å². The van der Waals surface area contributed by atoms with Gasteiger partial charge >= 0.3 is 0 Å². The molecule has 0 aromatic carbocycles. The van der Waals surface area contributed by atoms with Crippen LogP contribution in [0.1, 0.15) is 65.7 Å². The molecule has 0 aliphatic heterocycles. The smallest absolute Gasteiger partial charge is 0.0471 e. The van der Waals surface area contributed by atoms with E-state index in [0.29, 0.717) is 24.6 Å². The molecule has 4 atom stereocenters. The van der Waals surface area contributed by atoms with Crippen molar-refractivity contribution in [3.8, 4) is 0 Å². The van der Waals surface area contributed by atoms with Crippen molar-refractivity contribution in [1.82, 2.24) is 5.32 Å². The van der Waals surface area contributed by atoms with E-state index in [4.69, 9.17) is 5.11 Å². The van der Waals surface area contributed by atoms with E-state index in [9.17, 15) is 0 Å². The molecule has 0 heterocycles. The lowest BCUT2D eigenvalue weighted by atomic mass is 9.95. The van der Waals surface area contributed by atoms with E-state index in [0.717, 1.165) is 5.92 Å². The minimum Gasteiger partial charge on any atom is -0.396 e. The second-order valence-electron chi connectivity index (χ2n) is 5.98. The fourth-order valence-electron chi connectivity index (χ4n) is 2.94. The minimum atomic E-state index is 0.291. The highest BCUT2D eigenvalue weighted by Gasteiger charge is 2.21. The van der Waals surface area contributed by atoms with Crippen molar-refractivity contribution >= 4 is 0 Å². The molecule has 0 radical (unpaired) electrons. The maximum Gasteiger partial charge on any atom is 0.0471 e. The van der Waals surface area contributed by atoms with Gasteiger partial charge in [0.1, 0.15) is 0 Å². The standard InChI is InChI=1S/C15H31NO/c1-4-6-14-7-5-8-15(10-9-14)16-13(3)12(2)11-17/h12-17H,4-11H2,1-3H3. The molecule has 0 spiro atoms. The Morgan fingerprint density at radius 3 is 2.59 bits per heavy atom. The summed E-state index contributed by atoms with van der Waals surface area (Å²) in [7, 11) is 0. The summed E-state index contributed by atoms with van der Waals surface area (Å²) in [6, 6.07) is 1.12. The van der Waals surface area contributed by atoms with Gasteiger partial charge in [-0.2, -0.15) is 0 Å². The zero-order valence-electron chi connectivity index (χ0n) is 11.9. The number of nitrogens with one attached hydrogen (secondary N) is 1. The van der Waals surface area contributed by atoms with E-state index in [1.807, 2.05) is 0 Å². The molecular formula is C15H31NO. The summed E-state index contributed by atoms with van der Waals surface area (Å²) >= 11 is 0. The predicted octanol–water partition coefficient (Wildman–Crippen LogP) is 3.34. The minimum absolute atomic E-state index is 0.291. The highest BCUT2D eigenvalue weighted by Crippen LogP contribution is 2.27. The zero-order valence-corrected chi connectivity index (χ0v) is 11.9. The Balaban J connectivity index is 2.31. The summed E-state index contributed by atoms with van der Waals surface area (Å²) in [6.45, 7) is 6.91. The summed E-state index contributed by atoms with van der Waals surface area (Å²) in [5.41, 5.74) is 0. The molecule has 0 saturated heterocycles. The SMILES string of the molecule is CCCC1CCCC(NC(C)C(C)CO)CC1. The first-order valence-electron chi connectivity index (χ1n) is 7.54. The number of aliphatic hydroxyl groups excluding tert-OH is 1. The molecule has 2 N–H and O–H groups in total. The molecule has 0 bridgehead atoms. The van der Waals surface area contributed by atoms with Crippen LogP contribution in [0.5, 0.6) is 0 Å². The maximum absolute atomic E-state index is 9.16. The molecule has 1 fully saturated rings. The third kappa shape index (κ3) is 5.39. The normalized spacial score (nSPS) is 29.6. The van der Waals surface area contributed by atoms with Crippen molar-refractivity contribution in [3.63, 3.8) is 0 Å². The Labute approximate surface area is 107 Å². The Hall–Kier alpha value is -0.0800. The highest BCUT2D eigenvalue weighted by atomic mass is 16.3.